The number of cyclic esters (lactones) is 1. The van der Waals surface area contributed by atoms with Gasteiger partial charge in [-0.05, 0) is 109 Å². The maximum atomic E-state index is 14.7. The highest BCUT2D eigenvalue weighted by atomic mass is 16.5. The number of hydrogen-bond acceptors (Lipinski definition) is 10. The minimum Gasteiger partial charge on any atom is -0.508 e. The maximum Gasteiger partial charge on any atom is 0.324 e. The Kier molecular flexibility index (Phi) is 15.4. The first-order valence-corrected chi connectivity index (χ1v) is 24.2. The highest BCUT2D eigenvalue weighted by Crippen LogP contribution is 2.43. The van der Waals surface area contributed by atoms with Crippen LogP contribution in [0.2, 0.25) is 0 Å². The van der Waals surface area contributed by atoms with Gasteiger partial charge in [0.15, 0.2) is 0 Å². The fraction of sp³-hybridized carbons (Fsp3) is 0.509. The summed E-state index contributed by atoms with van der Waals surface area (Å²) in [5.74, 6) is -2.86. The first-order chi connectivity index (χ1) is 32.5. The Balaban J connectivity index is 1.32. The SMILES string of the molecule is C=CC(=O)N1CC[C@H](C(=O)N(C)C(C(=O)N[C@H]2Cc3cc(O)cc(c3)-c3ccc4c(c3)c(c(-c3cnccc3[C@H](CCC)OC)n4CC)CC(C)(C)COC(=O)[C@@H]3CCCN(N3)C2=O)C(C)C)C1. The van der Waals surface area contributed by atoms with Crippen LogP contribution in [0.4, 0.5) is 0 Å². The molecule has 0 saturated carbocycles. The maximum absolute atomic E-state index is 14.7. The fourth-order valence-corrected chi connectivity index (χ4v) is 10.5. The minimum absolute atomic E-state index is 0.0101. The molecule has 3 aliphatic heterocycles. The quantitative estimate of drug-likeness (QED) is 0.102. The van der Waals surface area contributed by atoms with Gasteiger partial charge in [0, 0.05) is 81.0 Å². The highest BCUT2D eigenvalue weighted by molar-refractivity contribution is 5.96. The number of carbonyl (C=O) groups is 5. The molecule has 3 aliphatic rings. The van der Waals surface area contributed by atoms with E-state index in [4.69, 9.17) is 9.47 Å². The zero-order valence-electron chi connectivity index (χ0n) is 41.0. The first-order valence-electron chi connectivity index (χ1n) is 24.2. The number of rotatable bonds is 12. The number of likely N-dealkylation sites (tertiary alicyclic amines) is 1. The third kappa shape index (κ3) is 10.5. The number of aromatic nitrogens is 2. The molecule has 4 aromatic rings. The summed E-state index contributed by atoms with van der Waals surface area (Å²) in [4.78, 5) is 77.2. The largest absolute Gasteiger partial charge is 0.508 e. The molecule has 0 aliphatic carbocycles. The van der Waals surface area contributed by atoms with Crippen molar-refractivity contribution >= 4 is 40.5 Å². The molecule has 2 aromatic heterocycles. The lowest BCUT2D eigenvalue weighted by molar-refractivity contribution is -0.155. The van der Waals surface area contributed by atoms with Crippen molar-refractivity contribution in [3.63, 3.8) is 0 Å². The average molecular weight is 932 g/mol. The number of esters is 1. The van der Waals surface area contributed by atoms with Gasteiger partial charge in [0.2, 0.25) is 17.7 Å². The van der Waals surface area contributed by atoms with E-state index < -0.39 is 47.2 Å². The Bertz CT molecular complexity index is 2550. The van der Waals surface area contributed by atoms with Crippen LogP contribution >= 0.6 is 0 Å². The standard InChI is InChI=1S/C53H69N7O8/c1-10-14-45(67-9)38-18-20-54-29-41(38)48-40-28-53(6,7)31-68-52(66)42-15-13-21-60(56-42)51(65)43(25-33-23-36(26-37(61)24-33)34-16-17-44(39(40)27-34)59(48)12-3)55-49(63)47(32(4)5)57(8)50(64)35-19-22-58(30-35)46(62)11-2/h11,16-18,20,23-24,26-27,29,32,35,42-43,45,47,56,61H,2,10,12-15,19,21-22,25,28,30-31H2,1,3-9H3,(H,55,63)/t35-,42-,43-,45-,47?/m0/s1. The third-order valence-corrected chi connectivity index (χ3v) is 13.8. The van der Waals surface area contributed by atoms with Crippen molar-refractivity contribution in [3.05, 3.63) is 84.2 Å². The molecular formula is C53H69N7O8. The lowest BCUT2D eigenvalue weighted by Gasteiger charge is -2.37. The number of nitrogens with one attached hydrogen (secondary N) is 2. The normalized spacial score (nSPS) is 20.7. The third-order valence-electron chi connectivity index (χ3n) is 13.8. The van der Waals surface area contributed by atoms with E-state index in [1.54, 1.807) is 37.4 Å². The Morgan fingerprint density at radius 2 is 1.87 bits per heavy atom. The van der Waals surface area contributed by atoms with E-state index in [1.807, 2.05) is 38.2 Å². The number of amides is 4. The van der Waals surface area contributed by atoms with Crippen molar-refractivity contribution in [2.75, 3.05) is 40.4 Å². The summed E-state index contributed by atoms with van der Waals surface area (Å²) in [6, 6.07) is 10.6. The summed E-state index contributed by atoms with van der Waals surface area (Å²) in [6.07, 6.45) is 8.51. The van der Waals surface area contributed by atoms with Crippen molar-refractivity contribution in [1.29, 1.82) is 0 Å². The number of phenols is 1. The number of likely N-dealkylation sites (N-methyl/N-ethyl adjacent to an activating group) is 1. The number of carbonyl (C=O) groups excluding carboxylic acids is 5. The molecule has 7 rings (SSSR count). The second-order valence-electron chi connectivity index (χ2n) is 19.8. The fourth-order valence-electron chi connectivity index (χ4n) is 10.5. The number of aryl methyl sites for hydroxylation is 1. The van der Waals surface area contributed by atoms with Gasteiger partial charge in [-0.15, -0.1) is 0 Å². The summed E-state index contributed by atoms with van der Waals surface area (Å²) < 4.78 is 14.5. The molecule has 5 heterocycles. The van der Waals surface area contributed by atoms with Gasteiger partial charge in [-0.25, -0.2) is 5.43 Å². The predicted octanol–water partition coefficient (Wildman–Crippen LogP) is 6.75. The van der Waals surface area contributed by atoms with Gasteiger partial charge in [0.1, 0.15) is 23.9 Å². The van der Waals surface area contributed by atoms with E-state index in [9.17, 15) is 29.1 Å². The van der Waals surface area contributed by atoms with Crippen LogP contribution in [0.25, 0.3) is 33.3 Å². The highest BCUT2D eigenvalue weighted by Gasteiger charge is 2.40. The molecule has 4 amide bonds. The number of hydrogen-bond donors (Lipinski definition) is 3. The Morgan fingerprint density at radius 3 is 2.57 bits per heavy atom. The van der Waals surface area contributed by atoms with Crippen molar-refractivity contribution in [1.82, 2.24) is 35.1 Å². The van der Waals surface area contributed by atoms with Crippen molar-refractivity contribution in [3.8, 4) is 28.1 Å². The van der Waals surface area contributed by atoms with Gasteiger partial charge in [0.05, 0.1) is 24.3 Å². The van der Waals surface area contributed by atoms with Gasteiger partial charge in [-0.3, -0.25) is 34.0 Å². The van der Waals surface area contributed by atoms with E-state index in [1.165, 1.54) is 16.0 Å². The second-order valence-corrected chi connectivity index (χ2v) is 19.8. The van der Waals surface area contributed by atoms with Crippen LogP contribution in [0, 0.1) is 17.3 Å². The molecule has 68 heavy (non-hydrogen) atoms. The second kappa shape index (κ2) is 21.1. The molecule has 3 N–H and O–H groups in total. The van der Waals surface area contributed by atoms with Crippen LogP contribution in [0.5, 0.6) is 5.75 Å². The van der Waals surface area contributed by atoms with Gasteiger partial charge >= 0.3 is 5.97 Å². The number of methoxy groups -OCH3 is 1. The molecule has 15 heteroatoms. The predicted molar refractivity (Wildman–Crippen MR) is 261 cm³/mol. The summed E-state index contributed by atoms with van der Waals surface area (Å²) in [5.41, 5.74) is 9.85. The first kappa shape index (κ1) is 49.8. The number of benzene rings is 2. The topological polar surface area (TPSA) is 176 Å². The average Bonchev–Trinajstić information content (AvgIpc) is 3.94. The molecule has 0 spiro atoms. The number of nitrogens with zero attached hydrogens (tertiary/aromatic N) is 5. The number of hydrazine groups is 1. The number of fused-ring (bicyclic) bond motifs is 6. The summed E-state index contributed by atoms with van der Waals surface area (Å²) in [5, 5.41) is 16.8. The Morgan fingerprint density at radius 1 is 1.09 bits per heavy atom. The lowest BCUT2D eigenvalue weighted by atomic mass is 9.83. The van der Waals surface area contributed by atoms with E-state index in [0.29, 0.717) is 44.3 Å². The van der Waals surface area contributed by atoms with Gasteiger partial charge < -0.3 is 34.3 Å². The molecule has 364 valence electrons. The number of ether oxygens (including phenoxy) is 2. The number of pyridine rings is 1. The Hall–Kier alpha value is -6.06. The van der Waals surface area contributed by atoms with Crippen molar-refractivity contribution in [2.45, 2.75) is 117 Å². The lowest BCUT2D eigenvalue weighted by Crippen LogP contribution is -2.62. The van der Waals surface area contributed by atoms with Crippen LogP contribution in [0.3, 0.4) is 0 Å². The molecule has 5 atom stereocenters. The van der Waals surface area contributed by atoms with E-state index >= 15 is 0 Å². The van der Waals surface area contributed by atoms with E-state index in [0.717, 1.165) is 57.3 Å². The molecule has 0 radical (unpaired) electrons. The van der Waals surface area contributed by atoms with E-state index in [-0.39, 0.29) is 55.7 Å². The zero-order chi connectivity index (χ0) is 49.0. The molecule has 1 unspecified atom stereocenters. The van der Waals surface area contributed by atoms with E-state index in [2.05, 4.69) is 66.7 Å². The molecular weight excluding hydrogens is 863 g/mol. The van der Waals surface area contributed by atoms with Crippen molar-refractivity contribution in [2.24, 2.45) is 17.3 Å². The van der Waals surface area contributed by atoms with Crippen LogP contribution in [-0.2, 0) is 52.8 Å². The monoisotopic (exact) mass is 932 g/mol. The minimum atomic E-state index is -1.17. The molecule has 15 nitrogen and oxygen atoms in total. The van der Waals surface area contributed by atoms with Crippen molar-refractivity contribution < 1.29 is 38.6 Å². The van der Waals surface area contributed by atoms with Crippen LogP contribution < -0.4 is 10.7 Å². The molecule has 2 saturated heterocycles. The number of aromatic hydroxyl groups is 1. The van der Waals surface area contributed by atoms with Crippen LogP contribution in [0.1, 0.15) is 96.4 Å². The molecule has 2 aromatic carbocycles. The summed E-state index contributed by atoms with van der Waals surface area (Å²) in [7, 11) is 3.32. The molecule has 6 bridgehead atoms. The molecule has 2 fully saturated rings. The summed E-state index contributed by atoms with van der Waals surface area (Å²) >= 11 is 0. The van der Waals surface area contributed by atoms with Crippen LogP contribution in [0.15, 0.2) is 67.5 Å². The van der Waals surface area contributed by atoms with Gasteiger partial charge in [0.25, 0.3) is 5.91 Å². The summed E-state index contributed by atoms with van der Waals surface area (Å²) in [6.45, 7) is 17.4. The zero-order valence-corrected chi connectivity index (χ0v) is 41.0. The smallest absolute Gasteiger partial charge is 0.324 e. The van der Waals surface area contributed by atoms with Crippen LogP contribution in [-0.4, -0.2) is 118 Å². The number of phenolic OH excluding ortho intramolecular Hbond substituents is 1. The van der Waals surface area contributed by atoms with Gasteiger partial charge in [-0.2, -0.15) is 0 Å². The Labute approximate surface area is 400 Å². The van der Waals surface area contributed by atoms with Gasteiger partial charge in [-0.1, -0.05) is 59.8 Å².